The molecule has 0 aliphatic carbocycles. The Bertz CT molecular complexity index is 785. The molecule has 2 aromatic heterocycles. The predicted octanol–water partition coefficient (Wildman–Crippen LogP) is 3.89. The van der Waals surface area contributed by atoms with Crippen LogP contribution in [0.15, 0.2) is 35.7 Å². The Kier molecular flexibility index (Phi) is 5.02. The van der Waals surface area contributed by atoms with Gasteiger partial charge in [0.05, 0.1) is 23.7 Å². The summed E-state index contributed by atoms with van der Waals surface area (Å²) in [5, 5.41) is 16.3. The highest BCUT2D eigenvalue weighted by atomic mass is 35.5. The molecule has 1 aromatic carbocycles. The number of fused-ring (bicyclic) bond motifs is 1. The third-order valence-corrected chi connectivity index (χ3v) is 5.20. The van der Waals surface area contributed by atoms with Gasteiger partial charge in [-0.2, -0.15) is 0 Å². The van der Waals surface area contributed by atoms with Crippen LogP contribution in [-0.2, 0) is 13.6 Å². The van der Waals surface area contributed by atoms with Gasteiger partial charge in [0.1, 0.15) is 5.82 Å². The minimum absolute atomic E-state index is 0.190. The molecule has 4 nitrogen and oxygen atoms in total. The fourth-order valence-corrected chi connectivity index (χ4v) is 3.55. The number of aliphatic hydroxyl groups excluding tert-OH is 1. The smallest absolute Gasteiger partial charge is 0.123 e. The summed E-state index contributed by atoms with van der Waals surface area (Å²) in [4.78, 5) is 5.64. The van der Waals surface area contributed by atoms with Crippen molar-refractivity contribution in [2.24, 2.45) is 7.05 Å². The summed E-state index contributed by atoms with van der Waals surface area (Å²) in [5.41, 5.74) is 1.97. The van der Waals surface area contributed by atoms with Crippen molar-refractivity contribution in [3.05, 3.63) is 51.4 Å². The molecule has 0 bridgehead atoms. The molecule has 2 heterocycles. The number of nitrogens with zero attached hydrogens (tertiary/aromatic N) is 2. The summed E-state index contributed by atoms with van der Waals surface area (Å²) in [6.07, 6.45) is 0.257. The van der Waals surface area contributed by atoms with Gasteiger partial charge in [-0.25, -0.2) is 4.98 Å². The van der Waals surface area contributed by atoms with E-state index in [-0.39, 0.29) is 6.04 Å². The number of hydrogen-bond donors (Lipinski definition) is 2. The predicted molar refractivity (Wildman–Crippen MR) is 95.9 cm³/mol. The Hall–Kier alpha value is -1.40. The van der Waals surface area contributed by atoms with Gasteiger partial charge in [-0.3, -0.25) is 0 Å². The van der Waals surface area contributed by atoms with Gasteiger partial charge < -0.3 is 15.0 Å². The van der Waals surface area contributed by atoms with Gasteiger partial charge in [0.25, 0.3) is 0 Å². The molecule has 0 fully saturated rings. The first kappa shape index (κ1) is 16.5. The average molecular weight is 350 g/mol. The van der Waals surface area contributed by atoms with Crippen LogP contribution in [0.3, 0.4) is 0 Å². The van der Waals surface area contributed by atoms with Crippen molar-refractivity contribution in [3.63, 3.8) is 0 Å². The SMILES string of the molecule is CC(CC(O)c1cccs1)NCc1nc2cc(Cl)ccc2n1C. The topological polar surface area (TPSA) is 50.1 Å². The van der Waals surface area contributed by atoms with Crippen molar-refractivity contribution >= 4 is 34.0 Å². The number of aromatic nitrogens is 2. The number of aryl methyl sites for hydroxylation is 1. The highest BCUT2D eigenvalue weighted by Crippen LogP contribution is 2.23. The zero-order valence-corrected chi connectivity index (χ0v) is 14.7. The minimum Gasteiger partial charge on any atom is -0.388 e. The van der Waals surface area contributed by atoms with Gasteiger partial charge in [-0.05, 0) is 43.0 Å². The summed E-state index contributed by atoms with van der Waals surface area (Å²) in [6.45, 7) is 2.73. The number of thiophene rings is 1. The van der Waals surface area contributed by atoms with Crippen LogP contribution in [0.1, 0.15) is 30.2 Å². The van der Waals surface area contributed by atoms with E-state index in [0.717, 1.165) is 21.7 Å². The average Bonchev–Trinajstić information content (AvgIpc) is 3.14. The molecule has 122 valence electrons. The van der Waals surface area contributed by atoms with Crippen molar-refractivity contribution in [1.82, 2.24) is 14.9 Å². The van der Waals surface area contributed by atoms with E-state index in [2.05, 4.69) is 21.8 Å². The molecular formula is C17H20ClN3OS. The van der Waals surface area contributed by atoms with Crippen LogP contribution in [0.5, 0.6) is 0 Å². The van der Waals surface area contributed by atoms with Crippen molar-refractivity contribution < 1.29 is 5.11 Å². The standard InChI is InChI=1S/C17H20ClN3OS/c1-11(8-15(22)16-4-3-7-23-16)19-10-17-20-13-9-12(18)5-6-14(13)21(17)2/h3-7,9,11,15,19,22H,8,10H2,1-2H3. The number of halogens is 1. The van der Waals surface area contributed by atoms with Crippen LogP contribution < -0.4 is 5.32 Å². The van der Waals surface area contributed by atoms with Crippen LogP contribution >= 0.6 is 22.9 Å². The van der Waals surface area contributed by atoms with E-state index < -0.39 is 6.10 Å². The van der Waals surface area contributed by atoms with Crippen molar-refractivity contribution in [2.45, 2.75) is 32.0 Å². The fraction of sp³-hybridized carbons (Fsp3) is 0.353. The van der Waals surface area contributed by atoms with Gasteiger partial charge in [-0.15, -0.1) is 11.3 Å². The molecule has 0 spiro atoms. The van der Waals surface area contributed by atoms with Crippen LogP contribution in [0.4, 0.5) is 0 Å². The van der Waals surface area contributed by atoms with E-state index in [0.29, 0.717) is 18.0 Å². The Labute approximate surface area is 144 Å². The van der Waals surface area contributed by atoms with Crippen LogP contribution in [-0.4, -0.2) is 20.7 Å². The molecule has 0 aliphatic heterocycles. The minimum atomic E-state index is -0.420. The maximum Gasteiger partial charge on any atom is 0.123 e. The highest BCUT2D eigenvalue weighted by molar-refractivity contribution is 7.10. The van der Waals surface area contributed by atoms with E-state index in [1.165, 1.54) is 0 Å². The van der Waals surface area contributed by atoms with E-state index in [9.17, 15) is 5.11 Å². The van der Waals surface area contributed by atoms with E-state index in [1.807, 2.05) is 42.8 Å². The lowest BCUT2D eigenvalue weighted by atomic mass is 10.1. The molecule has 0 saturated heterocycles. The van der Waals surface area contributed by atoms with Gasteiger partial charge >= 0.3 is 0 Å². The van der Waals surface area contributed by atoms with Crippen LogP contribution in [0.2, 0.25) is 5.02 Å². The first-order valence-electron chi connectivity index (χ1n) is 7.60. The summed E-state index contributed by atoms with van der Waals surface area (Å²) < 4.78 is 2.07. The monoisotopic (exact) mass is 349 g/mol. The second-order valence-electron chi connectivity index (χ2n) is 5.77. The lowest BCUT2D eigenvalue weighted by molar-refractivity contribution is 0.157. The summed E-state index contributed by atoms with van der Waals surface area (Å²) in [6, 6.07) is 9.87. The molecule has 23 heavy (non-hydrogen) atoms. The molecule has 0 saturated carbocycles. The Morgan fingerprint density at radius 1 is 1.39 bits per heavy atom. The van der Waals surface area contributed by atoms with E-state index in [4.69, 9.17) is 11.6 Å². The lowest BCUT2D eigenvalue weighted by Gasteiger charge is -2.17. The largest absolute Gasteiger partial charge is 0.388 e. The summed E-state index contributed by atoms with van der Waals surface area (Å²) >= 11 is 7.61. The van der Waals surface area contributed by atoms with Crippen molar-refractivity contribution in [3.8, 4) is 0 Å². The molecule has 3 aromatic rings. The first-order chi connectivity index (χ1) is 11.0. The van der Waals surface area contributed by atoms with Crippen LogP contribution in [0.25, 0.3) is 11.0 Å². The van der Waals surface area contributed by atoms with Gasteiger partial charge in [0, 0.05) is 23.0 Å². The number of hydrogen-bond acceptors (Lipinski definition) is 4. The normalized spacial score (nSPS) is 14.3. The van der Waals surface area contributed by atoms with Crippen LogP contribution in [0, 0.1) is 0 Å². The second kappa shape index (κ2) is 7.01. The van der Waals surface area contributed by atoms with Gasteiger partial charge in [0.15, 0.2) is 0 Å². The number of nitrogens with one attached hydrogen (secondary N) is 1. The lowest BCUT2D eigenvalue weighted by Crippen LogP contribution is -2.28. The molecule has 2 atom stereocenters. The Balaban J connectivity index is 1.62. The maximum atomic E-state index is 10.2. The van der Waals surface area contributed by atoms with Crippen molar-refractivity contribution in [1.29, 1.82) is 0 Å². The van der Waals surface area contributed by atoms with Gasteiger partial charge in [-0.1, -0.05) is 17.7 Å². The van der Waals surface area contributed by atoms with Crippen molar-refractivity contribution in [2.75, 3.05) is 0 Å². The summed E-state index contributed by atoms with van der Waals surface area (Å²) in [7, 11) is 2.01. The number of aliphatic hydroxyl groups is 1. The second-order valence-corrected chi connectivity index (χ2v) is 7.18. The molecule has 3 rings (SSSR count). The Morgan fingerprint density at radius 2 is 2.22 bits per heavy atom. The Morgan fingerprint density at radius 3 is 2.96 bits per heavy atom. The third-order valence-electron chi connectivity index (χ3n) is 3.99. The molecule has 2 unspecified atom stereocenters. The van der Waals surface area contributed by atoms with Gasteiger partial charge in [0.2, 0.25) is 0 Å². The molecular weight excluding hydrogens is 330 g/mol. The maximum absolute atomic E-state index is 10.2. The third kappa shape index (κ3) is 3.75. The quantitative estimate of drug-likeness (QED) is 0.709. The highest BCUT2D eigenvalue weighted by Gasteiger charge is 2.14. The fourth-order valence-electron chi connectivity index (χ4n) is 2.66. The molecule has 6 heteroatoms. The summed E-state index contributed by atoms with van der Waals surface area (Å²) in [5.74, 6) is 0.958. The molecule has 2 N–H and O–H groups in total. The first-order valence-corrected chi connectivity index (χ1v) is 8.86. The molecule has 0 aliphatic rings. The number of rotatable bonds is 6. The van der Waals surface area contributed by atoms with E-state index in [1.54, 1.807) is 11.3 Å². The zero-order valence-electron chi connectivity index (χ0n) is 13.2. The molecule has 0 amide bonds. The zero-order chi connectivity index (χ0) is 16.4. The molecule has 0 radical (unpaired) electrons. The number of imidazole rings is 1. The number of benzene rings is 1. The van der Waals surface area contributed by atoms with E-state index >= 15 is 0 Å².